The average Bonchev–Trinajstić information content (AvgIpc) is 2.61. The molecule has 1 heterocycles. The highest BCUT2D eigenvalue weighted by Gasteiger charge is 2.07. The van der Waals surface area contributed by atoms with Crippen LogP contribution in [-0.4, -0.2) is 9.78 Å². The van der Waals surface area contributed by atoms with Crippen LogP contribution in [0.25, 0.3) is 5.69 Å². The molecule has 0 bridgehead atoms. The van der Waals surface area contributed by atoms with Crippen molar-refractivity contribution in [3.8, 4) is 11.8 Å². The Morgan fingerprint density at radius 3 is 2.53 bits per heavy atom. The summed E-state index contributed by atoms with van der Waals surface area (Å²) < 4.78 is 1.49. The molecule has 0 unspecified atom stereocenters. The van der Waals surface area contributed by atoms with Gasteiger partial charge < -0.3 is 5.73 Å². The summed E-state index contributed by atoms with van der Waals surface area (Å²) in [4.78, 5) is 0. The largest absolute Gasteiger partial charge is 0.382 e. The normalized spacial score (nSPS) is 9.87. The van der Waals surface area contributed by atoms with Crippen LogP contribution in [0.2, 0.25) is 5.02 Å². The van der Waals surface area contributed by atoms with Crippen molar-refractivity contribution in [1.82, 2.24) is 9.78 Å². The number of nitrogens with zero attached hydrogens (tertiary/aromatic N) is 3. The zero-order valence-corrected chi connectivity index (χ0v) is 8.44. The number of hydrogen-bond acceptors (Lipinski definition) is 3. The molecule has 4 nitrogen and oxygen atoms in total. The quantitative estimate of drug-likeness (QED) is 0.796. The molecule has 0 saturated heterocycles. The minimum atomic E-state index is 0.333. The topological polar surface area (TPSA) is 67.6 Å². The number of nitrogens with two attached hydrogens (primary N) is 1. The summed E-state index contributed by atoms with van der Waals surface area (Å²) in [5.41, 5.74) is 6.87. The number of anilines is 1. The summed E-state index contributed by atoms with van der Waals surface area (Å²) in [7, 11) is 0. The SMILES string of the molecule is N#Cc1cnn(-c2ccc(Cl)cc2)c1N. The van der Waals surface area contributed by atoms with Crippen LogP contribution in [0.1, 0.15) is 5.56 Å². The van der Waals surface area contributed by atoms with Gasteiger partial charge in [0.15, 0.2) is 0 Å². The fourth-order valence-electron chi connectivity index (χ4n) is 1.23. The van der Waals surface area contributed by atoms with Crippen LogP contribution < -0.4 is 5.73 Å². The molecule has 5 heteroatoms. The van der Waals surface area contributed by atoms with Gasteiger partial charge in [-0.25, -0.2) is 4.68 Å². The van der Waals surface area contributed by atoms with Crippen molar-refractivity contribution < 1.29 is 0 Å². The predicted molar refractivity (Wildman–Crippen MR) is 57.7 cm³/mol. The van der Waals surface area contributed by atoms with E-state index in [1.165, 1.54) is 10.9 Å². The third-order valence-corrected chi connectivity index (χ3v) is 2.25. The van der Waals surface area contributed by atoms with Crippen LogP contribution in [0.15, 0.2) is 30.5 Å². The van der Waals surface area contributed by atoms with Gasteiger partial charge in [0.05, 0.1) is 11.9 Å². The molecule has 0 aliphatic rings. The minimum Gasteiger partial charge on any atom is -0.382 e. The summed E-state index contributed by atoms with van der Waals surface area (Å²) in [6.07, 6.45) is 1.43. The molecule has 0 saturated carbocycles. The van der Waals surface area contributed by atoms with Crippen LogP contribution >= 0.6 is 11.6 Å². The molecule has 0 radical (unpaired) electrons. The molecule has 1 aromatic heterocycles. The molecule has 0 amide bonds. The first-order chi connectivity index (χ1) is 7.22. The van der Waals surface area contributed by atoms with Crippen molar-refractivity contribution in [1.29, 1.82) is 5.26 Å². The van der Waals surface area contributed by atoms with Crippen LogP contribution in [0.3, 0.4) is 0 Å². The van der Waals surface area contributed by atoms with Crippen LogP contribution in [0.5, 0.6) is 0 Å². The van der Waals surface area contributed by atoms with E-state index < -0.39 is 0 Å². The Kier molecular flexibility index (Phi) is 2.32. The second kappa shape index (κ2) is 3.64. The molecule has 15 heavy (non-hydrogen) atoms. The summed E-state index contributed by atoms with van der Waals surface area (Å²) in [6, 6.07) is 9.01. The molecule has 74 valence electrons. The van der Waals surface area contributed by atoms with E-state index in [9.17, 15) is 0 Å². The highest BCUT2D eigenvalue weighted by Crippen LogP contribution is 2.18. The second-order valence-corrected chi connectivity index (χ2v) is 3.38. The number of nitrogen functional groups attached to an aromatic ring is 1. The molecule has 2 N–H and O–H groups in total. The maximum atomic E-state index is 8.72. The van der Waals surface area contributed by atoms with Crippen molar-refractivity contribution >= 4 is 17.4 Å². The fourth-order valence-corrected chi connectivity index (χ4v) is 1.36. The van der Waals surface area contributed by atoms with E-state index in [2.05, 4.69) is 5.10 Å². The molecule has 0 fully saturated rings. The van der Waals surface area contributed by atoms with Crippen LogP contribution in [-0.2, 0) is 0 Å². The highest BCUT2D eigenvalue weighted by molar-refractivity contribution is 6.30. The third-order valence-electron chi connectivity index (χ3n) is 2.00. The first-order valence-corrected chi connectivity index (χ1v) is 4.59. The monoisotopic (exact) mass is 218 g/mol. The third kappa shape index (κ3) is 1.65. The smallest absolute Gasteiger partial charge is 0.145 e. The van der Waals surface area contributed by atoms with Crippen molar-refractivity contribution in [3.05, 3.63) is 41.0 Å². The van der Waals surface area contributed by atoms with Crippen molar-refractivity contribution in [2.45, 2.75) is 0 Å². The van der Waals surface area contributed by atoms with Gasteiger partial charge in [0.2, 0.25) is 0 Å². The Bertz CT molecular complexity index is 521. The van der Waals surface area contributed by atoms with Gasteiger partial charge in [-0.15, -0.1) is 0 Å². The lowest BCUT2D eigenvalue weighted by molar-refractivity contribution is 0.891. The second-order valence-electron chi connectivity index (χ2n) is 2.94. The number of aromatic nitrogens is 2. The van der Waals surface area contributed by atoms with Crippen LogP contribution in [0.4, 0.5) is 5.82 Å². The minimum absolute atomic E-state index is 0.333. The number of halogens is 1. The van der Waals surface area contributed by atoms with Crippen molar-refractivity contribution in [2.75, 3.05) is 5.73 Å². The molecule has 0 spiro atoms. The molecular formula is C10H7ClN4. The Hall–Kier alpha value is -1.99. The van der Waals surface area contributed by atoms with Gasteiger partial charge in [-0.1, -0.05) is 11.6 Å². The summed E-state index contributed by atoms with van der Waals surface area (Å²) in [5.74, 6) is 0.333. The van der Waals surface area contributed by atoms with E-state index in [0.29, 0.717) is 16.4 Å². The molecule has 0 aliphatic heterocycles. The van der Waals surface area contributed by atoms with Gasteiger partial charge in [-0.3, -0.25) is 0 Å². The number of rotatable bonds is 1. The van der Waals surface area contributed by atoms with E-state index in [-0.39, 0.29) is 0 Å². The number of hydrogen-bond donors (Lipinski definition) is 1. The predicted octanol–water partition coefficient (Wildman–Crippen LogP) is 1.98. The highest BCUT2D eigenvalue weighted by atomic mass is 35.5. The zero-order chi connectivity index (χ0) is 10.8. The lowest BCUT2D eigenvalue weighted by atomic mass is 10.3. The van der Waals surface area contributed by atoms with E-state index in [1.54, 1.807) is 24.3 Å². The van der Waals surface area contributed by atoms with Gasteiger partial charge in [-0.05, 0) is 24.3 Å². The lowest BCUT2D eigenvalue weighted by Gasteiger charge is -2.03. The summed E-state index contributed by atoms with van der Waals surface area (Å²) in [6.45, 7) is 0. The zero-order valence-electron chi connectivity index (χ0n) is 7.68. The van der Waals surface area contributed by atoms with Gasteiger partial charge in [-0.2, -0.15) is 10.4 Å². The summed E-state index contributed by atoms with van der Waals surface area (Å²) in [5, 5.41) is 13.4. The Morgan fingerprint density at radius 1 is 1.33 bits per heavy atom. The van der Waals surface area contributed by atoms with E-state index >= 15 is 0 Å². The Labute approximate surface area is 91.5 Å². The Morgan fingerprint density at radius 2 is 2.00 bits per heavy atom. The molecule has 2 aromatic rings. The number of nitriles is 1. The van der Waals surface area contributed by atoms with E-state index in [4.69, 9.17) is 22.6 Å². The van der Waals surface area contributed by atoms with Gasteiger partial charge in [0.25, 0.3) is 0 Å². The molecular weight excluding hydrogens is 212 g/mol. The van der Waals surface area contributed by atoms with Crippen molar-refractivity contribution in [2.24, 2.45) is 0 Å². The first kappa shape index (κ1) is 9.56. The first-order valence-electron chi connectivity index (χ1n) is 4.22. The number of benzene rings is 1. The van der Waals surface area contributed by atoms with E-state index in [1.807, 2.05) is 6.07 Å². The standard InChI is InChI=1S/C10H7ClN4/c11-8-1-3-9(4-2-8)15-10(13)7(5-12)6-14-15/h1-4,6H,13H2. The molecule has 1 aromatic carbocycles. The molecule has 0 aliphatic carbocycles. The maximum Gasteiger partial charge on any atom is 0.145 e. The van der Waals surface area contributed by atoms with Gasteiger partial charge in [0.1, 0.15) is 17.5 Å². The lowest BCUT2D eigenvalue weighted by Crippen LogP contribution is -2.02. The van der Waals surface area contributed by atoms with Gasteiger partial charge in [0, 0.05) is 5.02 Å². The average molecular weight is 219 g/mol. The molecule has 2 rings (SSSR count). The Balaban J connectivity index is 2.51. The van der Waals surface area contributed by atoms with Crippen molar-refractivity contribution in [3.63, 3.8) is 0 Å². The molecule has 0 atom stereocenters. The van der Waals surface area contributed by atoms with E-state index in [0.717, 1.165) is 5.69 Å². The van der Waals surface area contributed by atoms with Crippen LogP contribution in [0, 0.1) is 11.3 Å². The van der Waals surface area contributed by atoms with Gasteiger partial charge >= 0.3 is 0 Å². The summed E-state index contributed by atoms with van der Waals surface area (Å²) >= 11 is 5.76. The fraction of sp³-hybridized carbons (Fsp3) is 0. The maximum absolute atomic E-state index is 8.72.